The highest BCUT2D eigenvalue weighted by Crippen LogP contribution is 2.24. The molecule has 0 aromatic heterocycles. The molecule has 25 heavy (non-hydrogen) atoms. The molecule has 138 valence electrons. The largest absolute Gasteiger partial charge is 0.336 e. The van der Waals surface area contributed by atoms with Crippen molar-refractivity contribution in [3.8, 4) is 0 Å². The number of hydrogen-bond donors (Lipinski definition) is 3. The topological polar surface area (TPSA) is 90.5 Å². The van der Waals surface area contributed by atoms with Crippen LogP contribution in [0.25, 0.3) is 0 Å². The molecule has 0 aliphatic carbocycles. The van der Waals surface area contributed by atoms with Gasteiger partial charge in [0.1, 0.15) is 0 Å². The van der Waals surface area contributed by atoms with Gasteiger partial charge in [0.2, 0.25) is 11.8 Å². The van der Waals surface area contributed by atoms with Gasteiger partial charge >= 0.3 is 6.03 Å². The van der Waals surface area contributed by atoms with Gasteiger partial charge in [0.15, 0.2) is 0 Å². The molecule has 1 aromatic carbocycles. The van der Waals surface area contributed by atoms with E-state index in [9.17, 15) is 14.4 Å². The number of imide groups is 1. The number of hydrogen-bond acceptors (Lipinski definition) is 4. The molecule has 0 saturated carbocycles. The van der Waals surface area contributed by atoms with Crippen LogP contribution < -0.4 is 16.0 Å². The van der Waals surface area contributed by atoms with E-state index in [1.54, 1.807) is 40.0 Å². The summed E-state index contributed by atoms with van der Waals surface area (Å²) in [5.41, 5.74) is 0.501. The minimum absolute atomic E-state index is 0.0410. The summed E-state index contributed by atoms with van der Waals surface area (Å²) in [7, 11) is 1.61. The summed E-state index contributed by atoms with van der Waals surface area (Å²) in [6.07, 6.45) is 0. The molecule has 1 atom stereocenters. The SMILES string of the molecule is CC(C)NC(=O)NC(=O)C(C)N(C)CC(=O)Nc1ccc(Cl)c(Cl)c1. The van der Waals surface area contributed by atoms with E-state index in [4.69, 9.17) is 23.2 Å². The lowest BCUT2D eigenvalue weighted by molar-refractivity contribution is -0.125. The summed E-state index contributed by atoms with van der Waals surface area (Å²) < 4.78 is 0. The third kappa shape index (κ3) is 7.29. The predicted molar refractivity (Wildman–Crippen MR) is 99.0 cm³/mol. The molecule has 1 rings (SSSR count). The van der Waals surface area contributed by atoms with Gasteiger partial charge in [-0.1, -0.05) is 23.2 Å². The minimum atomic E-state index is -0.669. The van der Waals surface area contributed by atoms with Gasteiger partial charge in [-0.2, -0.15) is 0 Å². The summed E-state index contributed by atoms with van der Waals surface area (Å²) in [5.74, 6) is -0.824. The van der Waals surface area contributed by atoms with E-state index in [1.807, 2.05) is 0 Å². The first-order valence-corrected chi connectivity index (χ1v) is 8.42. The fraction of sp³-hybridized carbons (Fsp3) is 0.438. The van der Waals surface area contributed by atoms with Crippen molar-refractivity contribution in [2.24, 2.45) is 0 Å². The third-order valence-electron chi connectivity index (χ3n) is 3.29. The molecule has 0 heterocycles. The number of rotatable bonds is 6. The van der Waals surface area contributed by atoms with Crippen LogP contribution in [0.3, 0.4) is 0 Å². The summed E-state index contributed by atoms with van der Waals surface area (Å²) in [6.45, 7) is 5.13. The molecule has 9 heteroatoms. The molecule has 0 spiro atoms. The molecule has 0 aliphatic heterocycles. The van der Waals surface area contributed by atoms with Crippen molar-refractivity contribution in [1.82, 2.24) is 15.5 Å². The lowest BCUT2D eigenvalue weighted by Crippen LogP contribution is -2.50. The molecule has 0 radical (unpaired) electrons. The quantitative estimate of drug-likeness (QED) is 0.697. The average Bonchev–Trinajstić information content (AvgIpc) is 2.48. The van der Waals surface area contributed by atoms with Crippen LogP contribution in [0, 0.1) is 0 Å². The van der Waals surface area contributed by atoms with Gasteiger partial charge in [-0.25, -0.2) is 4.79 Å². The van der Waals surface area contributed by atoms with Gasteiger partial charge in [-0.15, -0.1) is 0 Å². The van der Waals surface area contributed by atoms with Crippen LogP contribution in [0.4, 0.5) is 10.5 Å². The number of nitrogens with one attached hydrogen (secondary N) is 3. The second-order valence-corrected chi connectivity index (χ2v) is 6.70. The Morgan fingerprint density at radius 1 is 1.12 bits per heavy atom. The smallest absolute Gasteiger partial charge is 0.321 e. The van der Waals surface area contributed by atoms with Crippen LogP contribution in [0.1, 0.15) is 20.8 Å². The maximum absolute atomic E-state index is 12.1. The van der Waals surface area contributed by atoms with Gasteiger partial charge in [0, 0.05) is 11.7 Å². The van der Waals surface area contributed by atoms with Crippen LogP contribution in [0.5, 0.6) is 0 Å². The minimum Gasteiger partial charge on any atom is -0.336 e. The van der Waals surface area contributed by atoms with E-state index in [-0.39, 0.29) is 18.5 Å². The Bertz CT molecular complexity index is 652. The van der Waals surface area contributed by atoms with Crippen LogP contribution >= 0.6 is 23.2 Å². The summed E-state index contributed by atoms with van der Waals surface area (Å²) in [6, 6.07) is 3.41. The van der Waals surface area contributed by atoms with E-state index in [2.05, 4.69) is 16.0 Å². The van der Waals surface area contributed by atoms with Crippen molar-refractivity contribution < 1.29 is 14.4 Å². The van der Waals surface area contributed by atoms with Crippen LogP contribution in [0.2, 0.25) is 10.0 Å². The number of carbonyl (C=O) groups excluding carboxylic acids is 3. The molecule has 3 N–H and O–H groups in total. The normalized spacial score (nSPS) is 12.0. The zero-order valence-corrected chi connectivity index (χ0v) is 16.0. The monoisotopic (exact) mass is 388 g/mol. The fourth-order valence-corrected chi connectivity index (χ4v) is 2.15. The van der Waals surface area contributed by atoms with Gasteiger partial charge < -0.3 is 10.6 Å². The number of urea groups is 1. The highest BCUT2D eigenvalue weighted by molar-refractivity contribution is 6.42. The average molecular weight is 389 g/mol. The number of halogens is 2. The number of amides is 4. The Morgan fingerprint density at radius 2 is 1.76 bits per heavy atom. The van der Waals surface area contributed by atoms with Crippen molar-refractivity contribution >= 4 is 46.7 Å². The molecule has 0 aliphatic rings. The van der Waals surface area contributed by atoms with Crippen molar-refractivity contribution in [3.05, 3.63) is 28.2 Å². The van der Waals surface area contributed by atoms with E-state index < -0.39 is 18.0 Å². The van der Waals surface area contributed by atoms with E-state index in [1.165, 1.54) is 11.0 Å². The molecule has 1 aromatic rings. The van der Waals surface area contributed by atoms with Crippen molar-refractivity contribution in [3.63, 3.8) is 0 Å². The van der Waals surface area contributed by atoms with E-state index in [0.717, 1.165) is 0 Å². The Morgan fingerprint density at radius 3 is 2.32 bits per heavy atom. The Kier molecular flexibility index (Phi) is 8.15. The van der Waals surface area contributed by atoms with Crippen molar-refractivity contribution in [2.45, 2.75) is 32.9 Å². The zero-order valence-electron chi connectivity index (χ0n) is 14.5. The molecule has 0 fully saturated rings. The zero-order chi connectivity index (χ0) is 19.1. The molecule has 1 unspecified atom stereocenters. The fourth-order valence-electron chi connectivity index (χ4n) is 1.85. The maximum Gasteiger partial charge on any atom is 0.321 e. The number of benzene rings is 1. The number of likely N-dealkylation sites (N-methyl/N-ethyl adjacent to an activating group) is 1. The Labute approximate surface area is 157 Å². The highest BCUT2D eigenvalue weighted by Gasteiger charge is 2.22. The Balaban J connectivity index is 2.54. The molecule has 0 bridgehead atoms. The van der Waals surface area contributed by atoms with Gasteiger partial charge in [0.25, 0.3) is 0 Å². The molecule has 4 amide bonds. The van der Waals surface area contributed by atoms with Crippen LogP contribution in [0.15, 0.2) is 18.2 Å². The summed E-state index contributed by atoms with van der Waals surface area (Å²) in [5, 5.41) is 8.18. The van der Waals surface area contributed by atoms with Crippen molar-refractivity contribution in [2.75, 3.05) is 18.9 Å². The van der Waals surface area contributed by atoms with Crippen molar-refractivity contribution in [1.29, 1.82) is 0 Å². The third-order valence-corrected chi connectivity index (χ3v) is 4.03. The number of anilines is 1. The van der Waals surface area contributed by atoms with E-state index >= 15 is 0 Å². The number of carbonyl (C=O) groups is 3. The molecular weight excluding hydrogens is 367 g/mol. The summed E-state index contributed by atoms with van der Waals surface area (Å²) >= 11 is 11.7. The van der Waals surface area contributed by atoms with Crippen LogP contribution in [-0.4, -0.2) is 48.4 Å². The lowest BCUT2D eigenvalue weighted by atomic mass is 10.2. The Hall–Kier alpha value is -1.83. The second kappa shape index (κ2) is 9.60. The molecule has 7 nitrogen and oxygen atoms in total. The predicted octanol–water partition coefficient (Wildman–Crippen LogP) is 2.49. The first kappa shape index (κ1) is 21.2. The van der Waals surface area contributed by atoms with Gasteiger partial charge in [-0.05, 0) is 46.0 Å². The van der Waals surface area contributed by atoms with Gasteiger partial charge in [0.05, 0.1) is 22.6 Å². The van der Waals surface area contributed by atoms with E-state index in [0.29, 0.717) is 15.7 Å². The van der Waals surface area contributed by atoms with Gasteiger partial charge in [-0.3, -0.25) is 19.8 Å². The maximum atomic E-state index is 12.1. The standard InChI is InChI=1S/C16H22Cl2N4O3/c1-9(2)19-16(25)21-15(24)10(3)22(4)8-14(23)20-11-5-6-12(17)13(18)7-11/h5-7,9-10H,8H2,1-4H3,(H,20,23)(H2,19,21,24,25). The molecular formula is C16H22Cl2N4O3. The first-order valence-electron chi connectivity index (χ1n) is 7.66. The first-order chi connectivity index (χ1) is 11.6. The van der Waals surface area contributed by atoms with Crippen LogP contribution in [-0.2, 0) is 9.59 Å². The number of nitrogens with zero attached hydrogens (tertiary/aromatic N) is 1. The molecule has 0 saturated heterocycles. The lowest BCUT2D eigenvalue weighted by Gasteiger charge is -2.23. The second-order valence-electron chi connectivity index (χ2n) is 5.89. The summed E-state index contributed by atoms with van der Waals surface area (Å²) in [4.78, 5) is 37.2. The highest BCUT2D eigenvalue weighted by atomic mass is 35.5.